The van der Waals surface area contributed by atoms with E-state index in [0.29, 0.717) is 37.4 Å². The Bertz CT molecular complexity index is 882. The standard InChI is InChI=1S/C25H34N2O4/c1-6-15-26-25(29)19(3)27(17-21-10-8-7-9-18(21)2)24(28)14-12-20-11-13-22(30-4)23(16-20)31-5/h7-11,13,16,19H,6,12,14-15,17H2,1-5H3,(H,26,29)/t19-/m0/s1. The lowest BCUT2D eigenvalue weighted by atomic mass is 10.1. The Morgan fingerprint density at radius 2 is 1.77 bits per heavy atom. The minimum Gasteiger partial charge on any atom is -0.493 e. The maximum atomic E-state index is 13.2. The van der Waals surface area contributed by atoms with Gasteiger partial charge in [-0.05, 0) is 55.5 Å². The fraction of sp³-hybridized carbons (Fsp3) is 0.440. The van der Waals surface area contributed by atoms with Crippen LogP contribution < -0.4 is 14.8 Å². The molecule has 0 unspecified atom stereocenters. The van der Waals surface area contributed by atoms with Crippen molar-refractivity contribution < 1.29 is 19.1 Å². The maximum Gasteiger partial charge on any atom is 0.242 e. The second-order valence-corrected chi connectivity index (χ2v) is 7.60. The Labute approximate surface area is 185 Å². The number of rotatable bonds is 11. The van der Waals surface area contributed by atoms with Gasteiger partial charge >= 0.3 is 0 Å². The van der Waals surface area contributed by atoms with Gasteiger partial charge in [-0.3, -0.25) is 9.59 Å². The first-order chi connectivity index (χ1) is 14.9. The van der Waals surface area contributed by atoms with E-state index in [4.69, 9.17) is 9.47 Å². The normalized spacial score (nSPS) is 11.5. The summed E-state index contributed by atoms with van der Waals surface area (Å²) in [6.07, 6.45) is 1.70. The molecule has 0 aliphatic heterocycles. The summed E-state index contributed by atoms with van der Waals surface area (Å²) >= 11 is 0. The minimum atomic E-state index is -0.552. The van der Waals surface area contributed by atoms with Gasteiger partial charge in [-0.1, -0.05) is 37.3 Å². The molecule has 2 aromatic carbocycles. The molecule has 0 saturated heterocycles. The number of carbonyl (C=O) groups excluding carboxylic acids is 2. The SMILES string of the molecule is CCCNC(=O)[C@H](C)N(Cc1ccccc1C)C(=O)CCc1ccc(OC)c(OC)c1. The van der Waals surface area contributed by atoms with Gasteiger partial charge in [0.1, 0.15) is 6.04 Å². The van der Waals surface area contributed by atoms with E-state index in [9.17, 15) is 9.59 Å². The number of methoxy groups -OCH3 is 2. The number of amides is 2. The van der Waals surface area contributed by atoms with E-state index in [1.807, 2.05) is 56.3 Å². The quantitative estimate of drug-likeness (QED) is 0.592. The van der Waals surface area contributed by atoms with Crippen LogP contribution in [-0.4, -0.2) is 43.5 Å². The molecule has 0 aliphatic rings. The highest BCUT2D eigenvalue weighted by Gasteiger charge is 2.26. The van der Waals surface area contributed by atoms with Gasteiger partial charge in [-0.15, -0.1) is 0 Å². The third-order valence-electron chi connectivity index (χ3n) is 5.39. The van der Waals surface area contributed by atoms with E-state index in [1.165, 1.54) is 0 Å². The topological polar surface area (TPSA) is 67.9 Å². The Balaban J connectivity index is 2.17. The van der Waals surface area contributed by atoms with Crippen molar-refractivity contribution in [2.45, 2.75) is 52.6 Å². The molecule has 31 heavy (non-hydrogen) atoms. The van der Waals surface area contributed by atoms with Gasteiger partial charge in [0.05, 0.1) is 14.2 Å². The molecule has 0 radical (unpaired) electrons. The zero-order valence-electron chi connectivity index (χ0n) is 19.2. The van der Waals surface area contributed by atoms with Crippen LogP contribution in [0.4, 0.5) is 0 Å². The number of nitrogens with zero attached hydrogens (tertiary/aromatic N) is 1. The molecule has 2 rings (SSSR count). The number of hydrogen-bond donors (Lipinski definition) is 1. The lowest BCUT2D eigenvalue weighted by molar-refractivity contribution is -0.140. The van der Waals surface area contributed by atoms with Gasteiger partial charge in [0, 0.05) is 19.5 Å². The summed E-state index contributed by atoms with van der Waals surface area (Å²) in [6.45, 7) is 6.81. The smallest absolute Gasteiger partial charge is 0.242 e. The second-order valence-electron chi connectivity index (χ2n) is 7.60. The van der Waals surface area contributed by atoms with Crippen molar-refractivity contribution in [2.75, 3.05) is 20.8 Å². The third kappa shape index (κ3) is 6.74. The van der Waals surface area contributed by atoms with Gasteiger partial charge in [0.15, 0.2) is 11.5 Å². The number of benzene rings is 2. The van der Waals surface area contributed by atoms with E-state index >= 15 is 0 Å². The van der Waals surface area contributed by atoms with Gasteiger partial charge in [-0.2, -0.15) is 0 Å². The number of aryl methyl sites for hydroxylation is 2. The summed E-state index contributed by atoms with van der Waals surface area (Å²) in [6, 6.07) is 13.0. The van der Waals surface area contributed by atoms with E-state index in [2.05, 4.69) is 5.32 Å². The van der Waals surface area contributed by atoms with Crippen LogP contribution in [0.3, 0.4) is 0 Å². The van der Waals surface area contributed by atoms with E-state index in [1.54, 1.807) is 26.0 Å². The summed E-state index contributed by atoms with van der Waals surface area (Å²) in [5.41, 5.74) is 3.11. The molecule has 1 atom stereocenters. The molecule has 0 saturated carbocycles. The molecule has 0 aromatic heterocycles. The molecule has 2 aromatic rings. The maximum absolute atomic E-state index is 13.2. The molecular weight excluding hydrogens is 392 g/mol. The largest absolute Gasteiger partial charge is 0.493 e. The van der Waals surface area contributed by atoms with Crippen LogP contribution in [0.5, 0.6) is 11.5 Å². The van der Waals surface area contributed by atoms with Gasteiger partial charge in [0.25, 0.3) is 0 Å². The fourth-order valence-corrected chi connectivity index (χ4v) is 3.38. The molecule has 0 heterocycles. The average molecular weight is 427 g/mol. The number of hydrogen-bond acceptors (Lipinski definition) is 4. The fourth-order valence-electron chi connectivity index (χ4n) is 3.38. The van der Waals surface area contributed by atoms with Gasteiger partial charge < -0.3 is 19.7 Å². The molecule has 6 heteroatoms. The second kappa shape index (κ2) is 12.0. The summed E-state index contributed by atoms with van der Waals surface area (Å²) in [5, 5.41) is 2.91. The molecule has 168 valence electrons. The first kappa shape index (κ1) is 24.3. The van der Waals surface area contributed by atoms with Crippen molar-refractivity contribution in [1.29, 1.82) is 0 Å². The average Bonchev–Trinajstić information content (AvgIpc) is 2.79. The first-order valence-electron chi connectivity index (χ1n) is 10.7. The molecule has 0 spiro atoms. The molecule has 1 N–H and O–H groups in total. The van der Waals surface area contributed by atoms with Crippen LogP contribution in [0.2, 0.25) is 0 Å². The Morgan fingerprint density at radius 1 is 1.06 bits per heavy atom. The predicted octanol–water partition coefficient (Wildman–Crippen LogP) is 3.89. The summed E-state index contributed by atoms with van der Waals surface area (Å²) < 4.78 is 10.6. The highest BCUT2D eigenvalue weighted by molar-refractivity contribution is 5.87. The van der Waals surface area contributed by atoms with Gasteiger partial charge in [0.2, 0.25) is 11.8 Å². The summed E-state index contributed by atoms with van der Waals surface area (Å²) in [7, 11) is 3.18. The zero-order valence-corrected chi connectivity index (χ0v) is 19.2. The highest BCUT2D eigenvalue weighted by atomic mass is 16.5. The highest BCUT2D eigenvalue weighted by Crippen LogP contribution is 2.28. The number of ether oxygens (including phenoxy) is 2. The van der Waals surface area contributed by atoms with Crippen molar-refractivity contribution in [3.8, 4) is 11.5 Å². The molecule has 0 aliphatic carbocycles. The van der Waals surface area contributed by atoms with Gasteiger partial charge in [-0.25, -0.2) is 0 Å². The van der Waals surface area contributed by atoms with Crippen molar-refractivity contribution in [1.82, 2.24) is 10.2 Å². The van der Waals surface area contributed by atoms with Crippen LogP contribution in [0.15, 0.2) is 42.5 Å². The van der Waals surface area contributed by atoms with Crippen molar-refractivity contribution in [3.05, 3.63) is 59.2 Å². The van der Waals surface area contributed by atoms with Crippen LogP contribution in [0, 0.1) is 6.92 Å². The predicted molar refractivity (Wildman–Crippen MR) is 122 cm³/mol. The van der Waals surface area contributed by atoms with Crippen molar-refractivity contribution in [3.63, 3.8) is 0 Å². The lowest BCUT2D eigenvalue weighted by Gasteiger charge is -2.29. The van der Waals surface area contributed by atoms with Crippen molar-refractivity contribution >= 4 is 11.8 Å². The number of carbonyl (C=O) groups is 2. The lowest BCUT2D eigenvalue weighted by Crippen LogP contribution is -2.47. The van der Waals surface area contributed by atoms with Crippen LogP contribution in [0.1, 0.15) is 43.4 Å². The molecule has 0 fully saturated rings. The first-order valence-corrected chi connectivity index (χ1v) is 10.7. The van der Waals surface area contributed by atoms with Crippen LogP contribution in [0.25, 0.3) is 0 Å². The Hall–Kier alpha value is -3.02. The van der Waals surface area contributed by atoms with Crippen molar-refractivity contribution in [2.24, 2.45) is 0 Å². The Morgan fingerprint density at radius 3 is 2.42 bits per heavy atom. The molecular formula is C25H34N2O4. The van der Waals surface area contributed by atoms with E-state index in [-0.39, 0.29) is 11.8 Å². The zero-order chi connectivity index (χ0) is 22.8. The summed E-state index contributed by atoms with van der Waals surface area (Å²) in [4.78, 5) is 27.5. The molecule has 0 bridgehead atoms. The summed E-state index contributed by atoms with van der Waals surface area (Å²) in [5.74, 6) is 1.10. The van der Waals surface area contributed by atoms with E-state index < -0.39 is 6.04 Å². The Kier molecular flexibility index (Phi) is 9.38. The molecule has 2 amide bonds. The minimum absolute atomic E-state index is 0.0582. The third-order valence-corrected chi connectivity index (χ3v) is 5.39. The van der Waals surface area contributed by atoms with Crippen LogP contribution >= 0.6 is 0 Å². The monoisotopic (exact) mass is 426 g/mol. The van der Waals surface area contributed by atoms with Crippen LogP contribution in [-0.2, 0) is 22.6 Å². The van der Waals surface area contributed by atoms with E-state index in [0.717, 1.165) is 23.1 Å². The molecule has 6 nitrogen and oxygen atoms in total. The number of nitrogens with one attached hydrogen (secondary N) is 1.